The first-order valence-electron chi connectivity index (χ1n) is 9.77. The van der Waals surface area contributed by atoms with E-state index < -0.39 is 0 Å². The zero-order chi connectivity index (χ0) is 21.3. The number of methoxy groups -OCH3 is 2. The second-order valence-corrected chi connectivity index (χ2v) is 7.24. The van der Waals surface area contributed by atoms with E-state index in [0.717, 1.165) is 39.1 Å². The maximum Gasteiger partial charge on any atom is 0.162 e. The molecule has 2 N–H and O–H groups in total. The van der Waals surface area contributed by atoms with E-state index in [2.05, 4.69) is 56.7 Å². The molecule has 4 aromatic rings. The Morgan fingerprint density at radius 2 is 1.77 bits per heavy atom. The first-order valence-corrected chi connectivity index (χ1v) is 9.77. The number of H-pyrrole nitrogens is 1. The summed E-state index contributed by atoms with van der Waals surface area (Å²) in [5.41, 5.74) is 5.23. The number of rotatable bonds is 6. The molecular formula is C23H25N5O2. The van der Waals surface area contributed by atoms with Crippen LogP contribution in [0.1, 0.15) is 30.0 Å². The van der Waals surface area contributed by atoms with Gasteiger partial charge in [0.2, 0.25) is 0 Å². The van der Waals surface area contributed by atoms with Crippen molar-refractivity contribution in [3.63, 3.8) is 0 Å². The Labute approximate surface area is 175 Å². The van der Waals surface area contributed by atoms with Crippen LogP contribution in [0.15, 0.2) is 42.6 Å². The second kappa shape index (κ2) is 8.02. The Hall–Kier alpha value is -3.61. The molecule has 1 atom stereocenters. The molecule has 30 heavy (non-hydrogen) atoms. The van der Waals surface area contributed by atoms with Gasteiger partial charge in [-0.3, -0.25) is 5.10 Å². The SMILES string of the molecule is COc1cc2nc(C)nc(NC(C)c3cccc(-c4cn[nH]c4C)c3)c2cc1OC. The summed E-state index contributed by atoms with van der Waals surface area (Å²) in [5, 5.41) is 11.6. The van der Waals surface area contributed by atoms with Gasteiger partial charge in [0.05, 0.1) is 25.9 Å². The smallest absolute Gasteiger partial charge is 0.162 e. The van der Waals surface area contributed by atoms with E-state index in [0.29, 0.717) is 17.3 Å². The molecule has 0 saturated carbocycles. The molecule has 1 unspecified atom stereocenters. The first-order chi connectivity index (χ1) is 14.5. The third-order valence-electron chi connectivity index (χ3n) is 5.19. The number of aryl methyl sites for hydroxylation is 2. The fourth-order valence-electron chi connectivity index (χ4n) is 3.59. The van der Waals surface area contributed by atoms with Crippen molar-refractivity contribution in [1.82, 2.24) is 20.2 Å². The van der Waals surface area contributed by atoms with Crippen LogP contribution >= 0.6 is 0 Å². The lowest BCUT2D eigenvalue weighted by Crippen LogP contribution is -2.10. The highest BCUT2D eigenvalue weighted by molar-refractivity contribution is 5.92. The molecule has 0 fully saturated rings. The number of nitrogens with zero attached hydrogens (tertiary/aromatic N) is 3. The van der Waals surface area contributed by atoms with Gasteiger partial charge >= 0.3 is 0 Å². The van der Waals surface area contributed by atoms with E-state index in [1.165, 1.54) is 0 Å². The lowest BCUT2D eigenvalue weighted by Gasteiger charge is -2.18. The van der Waals surface area contributed by atoms with Crippen molar-refractivity contribution in [1.29, 1.82) is 0 Å². The number of hydrogen-bond donors (Lipinski definition) is 2. The highest BCUT2D eigenvalue weighted by Crippen LogP contribution is 2.35. The monoisotopic (exact) mass is 403 g/mol. The third-order valence-corrected chi connectivity index (χ3v) is 5.19. The van der Waals surface area contributed by atoms with E-state index in [1.807, 2.05) is 32.2 Å². The fourth-order valence-corrected chi connectivity index (χ4v) is 3.59. The molecule has 0 spiro atoms. The quantitative estimate of drug-likeness (QED) is 0.480. The molecule has 7 heteroatoms. The first kappa shape index (κ1) is 19.7. The lowest BCUT2D eigenvalue weighted by atomic mass is 10.0. The number of anilines is 1. The highest BCUT2D eigenvalue weighted by atomic mass is 16.5. The van der Waals surface area contributed by atoms with Crippen molar-refractivity contribution in [2.24, 2.45) is 0 Å². The number of nitrogens with one attached hydrogen (secondary N) is 2. The van der Waals surface area contributed by atoms with E-state index in [1.54, 1.807) is 14.2 Å². The molecule has 0 bridgehead atoms. The summed E-state index contributed by atoms with van der Waals surface area (Å²) in [4.78, 5) is 9.21. The van der Waals surface area contributed by atoms with Crippen LogP contribution in [0, 0.1) is 13.8 Å². The Balaban J connectivity index is 1.71. The fraction of sp³-hybridized carbons (Fsp3) is 0.261. The lowest BCUT2D eigenvalue weighted by molar-refractivity contribution is 0.356. The largest absolute Gasteiger partial charge is 0.493 e. The Kier molecular flexibility index (Phi) is 5.27. The van der Waals surface area contributed by atoms with Gasteiger partial charge in [0.1, 0.15) is 11.6 Å². The molecule has 0 aliphatic rings. The van der Waals surface area contributed by atoms with Gasteiger partial charge in [-0.15, -0.1) is 0 Å². The molecule has 0 aliphatic carbocycles. The molecule has 0 radical (unpaired) electrons. The Bertz CT molecular complexity index is 1200. The van der Waals surface area contributed by atoms with Crippen LogP contribution in [0.5, 0.6) is 11.5 Å². The van der Waals surface area contributed by atoms with Gasteiger partial charge in [-0.2, -0.15) is 5.10 Å². The molecule has 0 aliphatic heterocycles. The van der Waals surface area contributed by atoms with Crippen LogP contribution in [-0.2, 0) is 0 Å². The van der Waals surface area contributed by atoms with Gasteiger partial charge in [-0.1, -0.05) is 18.2 Å². The zero-order valence-electron chi connectivity index (χ0n) is 17.8. The number of aromatic nitrogens is 4. The van der Waals surface area contributed by atoms with Crippen molar-refractivity contribution in [2.75, 3.05) is 19.5 Å². The van der Waals surface area contributed by atoms with Gasteiger partial charge in [0.15, 0.2) is 11.5 Å². The summed E-state index contributed by atoms with van der Waals surface area (Å²) >= 11 is 0. The third kappa shape index (κ3) is 3.66. The van der Waals surface area contributed by atoms with Crippen LogP contribution in [0.4, 0.5) is 5.82 Å². The summed E-state index contributed by atoms with van der Waals surface area (Å²) in [6.45, 7) is 6.02. The molecule has 2 heterocycles. The van der Waals surface area contributed by atoms with Crippen molar-refractivity contribution in [3.8, 4) is 22.6 Å². The van der Waals surface area contributed by atoms with Crippen LogP contribution in [-0.4, -0.2) is 34.4 Å². The zero-order valence-corrected chi connectivity index (χ0v) is 17.8. The minimum Gasteiger partial charge on any atom is -0.493 e. The molecule has 0 saturated heterocycles. The number of aromatic amines is 1. The van der Waals surface area contributed by atoms with Crippen molar-refractivity contribution < 1.29 is 9.47 Å². The van der Waals surface area contributed by atoms with Crippen LogP contribution in [0.3, 0.4) is 0 Å². The van der Waals surface area contributed by atoms with Gasteiger partial charge in [0, 0.05) is 28.8 Å². The predicted molar refractivity (Wildman–Crippen MR) is 118 cm³/mol. The summed E-state index contributed by atoms with van der Waals surface area (Å²) in [6.07, 6.45) is 1.85. The number of ether oxygens (including phenoxy) is 2. The number of fused-ring (bicyclic) bond motifs is 1. The maximum absolute atomic E-state index is 5.47. The van der Waals surface area contributed by atoms with Gasteiger partial charge < -0.3 is 14.8 Å². The summed E-state index contributed by atoms with van der Waals surface area (Å²) in [7, 11) is 3.24. The van der Waals surface area contributed by atoms with Gasteiger partial charge in [-0.05, 0) is 44.0 Å². The second-order valence-electron chi connectivity index (χ2n) is 7.24. The number of hydrogen-bond acceptors (Lipinski definition) is 6. The minimum atomic E-state index is 0.0303. The highest BCUT2D eigenvalue weighted by Gasteiger charge is 2.15. The summed E-state index contributed by atoms with van der Waals surface area (Å²) in [5.74, 6) is 2.74. The summed E-state index contributed by atoms with van der Waals surface area (Å²) in [6, 6.07) is 12.3. The van der Waals surface area contributed by atoms with Gasteiger partial charge in [0.25, 0.3) is 0 Å². The van der Waals surface area contributed by atoms with Crippen LogP contribution in [0.2, 0.25) is 0 Å². The summed E-state index contributed by atoms with van der Waals surface area (Å²) < 4.78 is 10.9. The molecule has 154 valence electrons. The van der Waals surface area contributed by atoms with E-state index in [4.69, 9.17) is 9.47 Å². The molecule has 2 aromatic heterocycles. The van der Waals surface area contributed by atoms with E-state index in [-0.39, 0.29) is 6.04 Å². The van der Waals surface area contributed by atoms with E-state index >= 15 is 0 Å². The average Bonchev–Trinajstić information content (AvgIpc) is 3.18. The Morgan fingerprint density at radius 1 is 1.00 bits per heavy atom. The van der Waals surface area contributed by atoms with Gasteiger partial charge in [-0.25, -0.2) is 9.97 Å². The minimum absolute atomic E-state index is 0.0303. The van der Waals surface area contributed by atoms with Crippen molar-refractivity contribution in [2.45, 2.75) is 26.8 Å². The standard InChI is InChI=1S/C23H25N5O2/c1-13(16-7-6-8-17(9-16)19-12-24-28-14(19)2)25-23-18-10-21(29-4)22(30-5)11-20(18)26-15(3)27-23/h6-13H,1-5H3,(H,24,28)(H,25,26,27). The van der Waals surface area contributed by atoms with E-state index in [9.17, 15) is 0 Å². The Morgan fingerprint density at radius 3 is 2.47 bits per heavy atom. The number of benzene rings is 2. The topological polar surface area (TPSA) is 85.0 Å². The molecule has 0 amide bonds. The van der Waals surface area contributed by atoms with Crippen molar-refractivity contribution >= 4 is 16.7 Å². The van der Waals surface area contributed by atoms with Crippen LogP contribution in [0.25, 0.3) is 22.0 Å². The average molecular weight is 403 g/mol. The maximum atomic E-state index is 5.47. The molecule has 2 aromatic carbocycles. The normalized spacial score (nSPS) is 12.0. The molecule has 7 nitrogen and oxygen atoms in total. The van der Waals surface area contributed by atoms with Crippen LogP contribution < -0.4 is 14.8 Å². The molecular weight excluding hydrogens is 378 g/mol. The predicted octanol–water partition coefficient (Wildman–Crippen LogP) is 4.83. The molecule has 4 rings (SSSR count). The van der Waals surface area contributed by atoms with Crippen molar-refractivity contribution in [3.05, 3.63) is 59.7 Å².